The standard InChI is InChI=1S/C33H37N5O5S2/c1-3-43-32(40)24-14-17-37(18-15-24)45(41,42)28-13-7-10-25(19-28)30-26(22-38(35-30)27-11-5-4-6-12-27)20-29-31(39)34-33(44-29)36-16-8-9-23(2)21-36/h4-7,10-13,19-20,22-24H,3,8-9,14-18,21H2,1-2H3. The van der Waals surface area contributed by atoms with Gasteiger partial charge < -0.3 is 9.64 Å². The third kappa shape index (κ3) is 6.78. The van der Waals surface area contributed by atoms with Crippen LogP contribution in [0.2, 0.25) is 0 Å². The van der Waals surface area contributed by atoms with Gasteiger partial charge in [0.15, 0.2) is 5.17 Å². The Balaban J connectivity index is 1.30. The van der Waals surface area contributed by atoms with Crippen molar-refractivity contribution in [3.63, 3.8) is 0 Å². The number of amidine groups is 1. The number of para-hydroxylation sites is 1. The summed E-state index contributed by atoms with van der Waals surface area (Å²) in [6, 6.07) is 16.4. The molecule has 2 fully saturated rings. The highest BCUT2D eigenvalue weighted by Crippen LogP contribution is 2.35. The number of hydrogen-bond donors (Lipinski definition) is 0. The number of carbonyl (C=O) groups excluding carboxylic acids is 2. The third-order valence-electron chi connectivity index (χ3n) is 8.41. The summed E-state index contributed by atoms with van der Waals surface area (Å²) < 4.78 is 35.7. The minimum absolute atomic E-state index is 0.151. The molecule has 1 atom stereocenters. The number of likely N-dealkylation sites (tertiary alicyclic amines) is 1. The van der Waals surface area contributed by atoms with Crippen LogP contribution in [-0.2, 0) is 24.3 Å². The molecule has 0 bridgehead atoms. The Labute approximate surface area is 268 Å². The van der Waals surface area contributed by atoms with Crippen molar-refractivity contribution >= 4 is 44.9 Å². The number of rotatable bonds is 7. The Morgan fingerprint density at radius 3 is 2.58 bits per heavy atom. The van der Waals surface area contributed by atoms with Crippen molar-refractivity contribution in [1.82, 2.24) is 19.0 Å². The molecule has 1 aromatic heterocycles. The summed E-state index contributed by atoms with van der Waals surface area (Å²) in [5, 5.41) is 5.59. The van der Waals surface area contributed by atoms with E-state index in [1.165, 1.54) is 22.5 Å². The predicted octanol–water partition coefficient (Wildman–Crippen LogP) is 5.21. The van der Waals surface area contributed by atoms with Crippen LogP contribution in [0.3, 0.4) is 0 Å². The van der Waals surface area contributed by atoms with Gasteiger partial charge in [-0.15, -0.1) is 0 Å². The van der Waals surface area contributed by atoms with Crippen LogP contribution in [0, 0.1) is 11.8 Å². The van der Waals surface area contributed by atoms with E-state index in [1.54, 1.807) is 35.9 Å². The van der Waals surface area contributed by atoms with Crippen molar-refractivity contribution < 1.29 is 22.7 Å². The molecule has 0 saturated carbocycles. The molecule has 3 aromatic rings. The molecule has 2 aromatic carbocycles. The second-order valence-electron chi connectivity index (χ2n) is 11.7. The molecule has 0 N–H and O–H groups in total. The topological polar surface area (TPSA) is 114 Å². The molecule has 236 valence electrons. The fourth-order valence-electron chi connectivity index (χ4n) is 6.01. The molecular formula is C33H37N5O5S2. The number of esters is 1. The smallest absolute Gasteiger partial charge is 0.309 e. The van der Waals surface area contributed by atoms with Crippen LogP contribution in [-0.4, -0.2) is 77.2 Å². The van der Waals surface area contributed by atoms with Crippen molar-refractivity contribution in [2.75, 3.05) is 32.8 Å². The Bertz CT molecular complexity index is 1740. The van der Waals surface area contributed by atoms with E-state index < -0.39 is 10.0 Å². The van der Waals surface area contributed by atoms with Gasteiger partial charge in [-0.1, -0.05) is 37.3 Å². The van der Waals surface area contributed by atoms with Gasteiger partial charge in [-0.05, 0) is 80.6 Å². The second-order valence-corrected chi connectivity index (χ2v) is 14.6. The summed E-state index contributed by atoms with van der Waals surface area (Å²) in [5.41, 5.74) is 2.68. The molecule has 4 heterocycles. The van der Waals surface area contributed by atoms with E-state index in [0.29, 0.717) is 47.1 Å². The SMILES string of the molecule is CCOC(=O)C1CCN(S(=O)(=O)c2cccc(-c3nn(-c4ccccc4)cc3C=C3SC(N4CCCC(C)C4)=NC3=O)c2)CC1. The summed E-state index contributed by atoms with van der Waals surface area (Å²) in [5.74, 6) is -0.295. The number of amides is 1. The van der Waals surface area contributed by atoms with Gasteiger partial charge in [-0.2, -0.15) is 14.4 Å². The first-order valence-corrected chi connectivity index (χ1v) is 17.7. The molecular weight excluding hydrogens is 611 g/mol. The van der Waals surface area contributed by atoms with Crippen LogP contribution in [0.5, 0.6) is 0 Å². The minimum atomic E-state index is -3.82. The van der Waals surface area contributed by atoms with E-state index in [4.69, 9.17) is 9.84 Å². The second kappa shape index (κ2) is 13.3. The molecule has 0 aliphatic carbocycles. The predicted molar refractivity (Wildman–Crippen MR) is 175 cm³/mol. The van der Waals surface area contributed by atoms with Crippen LogP contribution < -0.4 is 0 Å². The number of piperidine rings is 2. The summed E-state index contributed by atoms with van der Waals surface area (Å²) in [4.78, 5) is 32.5. The summed E-state index contributed by atoms with van der Waals surface area (Å²) in [6.07, 6.45) is 6.75. The third-order valence-corrected chi connectivity index (χ3v) is 11.3. The monoisotopic (exact) mass is 647 g/mol. The number of ether oxygens (including phenoxy) is 1. The molecule has 1 unspecified atom stereocenters. The molecule has 45 heavy (non-hydrogen) atoms. The van der Waals surface area contributed by atoms with Crippen molar-refractivity contribution in [3.05, 3.63) is 71.3 Å². The van der Waals surface area contributed by atoms with Gasteiger partial charge in [0.25, 0.3) is 5.91 Å². The Morgan fingerprint density at radius 2 is 1.84 bits per heavy atom. The van der Waals surface area contributed by atoms with Crippen molar-refractivity contribution in [1.29, 1.82) is 0 Å². The van der Waals surface area contributed by atoms with E-state index in [9.17, 15) is 18.0 Å². The molecule has 10 nitrogen and oxygen atoms in total. The molecule has 0 radical (unpaired) electrons. The van der Waals surface area contributed by atoms with Gasteiger partial charge in [-0.3, -0.25) is 9.59 Å². The lowest BCUT2D eigenvalue weighted by atomic mass is 9.98. The van der Waals surface area contributed by atoms with E-state index >= 15 is 0 Å². The van der Waals surface area contributed by atoms with E-state index in [2.05, 4.69) is 16.8 Å². The number of aliphatic imine (C=N–C) groups is 1. The zero-order valence-electron chi connectivity index (χ0n) is 25.5. The number of aromatic nitrogens is 2. The fraction of sp³-hybridized carbons (Fsp3) is 0.394. The highest BCUT2D eigenvalue weighted by Gasteiger charge is 2.33. The summed E-state index contributed by atoms with van der Waals surface area (Å²) in [7, 11) is -3.82. The van der Waals surface area contributed by atoms with Crippen molar-refractivity contribution in [2.45, 2.75) is 44.4 Å². The lowest BCUT2D eigenvalue weighted by Gasteiger charge is -2.31. The highest BCUT2D eigenvalue weighted by molar-refractivity contribution is 8.18. The van der Waals surface area contributed by atoms with E-state index in [0.717, 1.165) is 30.4 Å². The van der Waals surface area contributed by atoms with Crippen LogP contribution >= 0.6 is 11.8 Å². The van der Waals surface area contributed by atoms with Crippen molar-refractivity contribution in [2.24, 2.45) is 16.8 Å². The molecule has 0 spiro atoms. The molecule has 3 aliphatic rings. The van der Waals surface area contributed by atoms with Gasteiger partial charge in [0.2, 0.25) is 10.0 Å². The van der Waals surface area contributed by atoms with Gasteiger partial charge in [0.05, 0.1) is 28.0 Å². The Morgan fingerprint density at radius 1 is 1.07 bits per heavy atom. The van der Waals surface area contributed by atoms with Crippen LogP contribution in [0.4, 0.5) is 0 Å². The molecule has 3 aliphatic heterocycles. The van der Waals surface area contributed by atoms with Gasteiger partial charge >= 0.3 is 5.97 Å². The number of nitrogens with zero attached hydrogens (tertiary/aromatic N) is 5. The van der Waals surface area contributed by atoms with E-state index in [1.807, 2.05) is 42.6 Å². The molecule has 2 saturated heterocycles. The number of hydrogen-bond acceptors (Lipinski definition) is 8. The maximum Gasteiger partial charge on any atom is 0.309 e. The zero-order valence-corrected chi connectivity index (χ0v) is 27.1. The average molecular weight is 648 g/mol. The maximum absolute atomic E-state index is 13.7. The largest absolute Gasteiger partial charge is 0.466 e. The number of sulfonamides is 1. The molecule has 6 rings (SSSR count). The van der Waals surface area contributed by atoms with Crippen molar-refractivity contribution in [3.8, 4) is 16.9 Å². The first-order chi connectivity index (χ1) is 21.7. The summed E-state index contributed by atoms with van der Waals surface area (Å²) >= 11 is 1.38. The molecule has 12 heteroatoms. The Hall–Kier alpha value is -3.74. The normalized spacial score (nSPS) is 20.9. The lowest BCUT2D eigenvalue weighted by Crippen LogP contribution is -2.40. The first kappa shape index (κ1) is 31.3. The number of carbonyl (C=O) groups is 2. The minimum Gasteiger partial charge on any atom is -0.466 e. The zero-order chi connectivity index (χ0) is 31.6. The van der Waals surface area contributed by atoms with Gasteiger partial charge in [-0.25, -0.2) is 13.1 Å². The highest BCUT2D eigenvalue weighted by atomic mass is 32.2. The maximum atomic E-state index is 13.7. The average Bonchev–Trinajstić information content (AvgIpc) is 3.65. The van der Waals surface area contributed by atoms with E-state index in [-0.39, 0.29) is 35.8 Å². The molecule has 1 amide bonds. The van der Waals surface area contributed by atoms with Gasteiger partial charge in [0, 0.05) is 43.5 Å². The van der Waals surface area contributed by atoms with Crippen LogP contribution in [0.1, 0.15) is 45.1 Å². The fourth-order valence-corrected chi connectivity index (χ4v) is 8.47. The van der Waals surface area contributed by atoms with Gasteiger partial charge in [0.1, 0.15) is 5.69 Å². The van der Waals surface area contributed by atoms with Crippen LogP contribution in [0.15, 0.2) is 75.6 Å². The van der Waals surface area contributed by atoms with Crippen LogP contribution in [0.25, 0.3) is 23.0 Å². The summed E-state index contributed by atoms with van der Waals surface area (Å²) in [6.45, 7) is 6.54. The number of thioether (sulfide) groups is 1. The first-order valence-electron chi connectivity index (χ1n) is 15.4. The Kier molecular flexibility index (Phi) is 9.25. The lowest BCUT2D eigenvalue weighted by molar-refractivity contribution is -0.149. The quantitative estimate of drug-likeness (QED) is 0.254. The number of benzene rings is 2.